The van der Waals surface area contributed by atoms with E-state index in [1.54, 1.807) is 6.92 Å². The van der Waals surface area contributed by atoms with E-state index in [2.05, 4.69) is 4.98 Å². The van der Waals surface area contributed by atoms with Crippen molar-refractivity contribution >= 4 is 0 Å². The summed E-state index contributed by atoms with van der Waals surface area (Å²) in [4.78, 5) is 3.91. The van der Waals surface area contributed by atoms with E-state index in [4.69, 9.17) is 0 Å². The van der Waals surface area contributed by atoms with Crippen molar-refractivity contribution in [1.82, 2.24) is 4.98 Å². The fraction of sp³-hybridized carbons (Fsp3) is 0.500. The van der Waals surface area contributed by atoms with Crippen LogP contribution < -0.4 is 0 Å². The Morgan fingerprint density at radius 3 is 2.33 bits per heavy atom. The molecule has 0 saturated carbocycles. The minimum Gasteiger partial charge on any atom is -0.224 e. The molecule has 66 valence electrons. The summed E-state index contributed by atoms with van der Waals surface area (Å²) in [6, 6.07) is 1.84. The van der Waals surface area contributed by atoms with Crippen LogP contribution in [0.3, 0.4) is 0 Å². The van der Waals surface area contributed by atoms with Gasteiger partial charge in [-0.1, -0.05) is 19.9 Å². The number of aryl methyl sites for hydroxylation is 2. The van der Waals surface area contributed by atoms with Gasteiger partial charge in [-0.2, -0.15) is 4.39 Å². The molecular weight excluding hydrogens is 153 g/mol. The van der Waals surface area contributed by atoms with Crippen LogP contribution in [0.5, 0.6) is 0 Å². The second-order valence-electron chi connectivity index (χ2n) is 3.45. The summed E-state index contributed by atoms with van der Waals surface area (Å²) in [5, 5.41) is 0. The summed E-state index contributed by atoms with van der Waals surface area (Å²) < 4.78 is 13.0. The Balaban J connectivity index is 3.23. The lowest BCUT2D eigenvalue weighted by Gasteiger charge is -2.09. The maximum Gasteiger partial charge on any atom is 0.216 e. The van der Waals surface area contributed by atoms with Gasteiger partial charge < -0.3 is 0 Å². The summed E-state index contributed by atoms with van der Waals surface area (Å²) in [5.74, 6) is -0.0515. The monoisotopic (exact) mass is 167 g/mol. The zero-order chi connectivity index (χ0) is 9.30. The molecule has 0 unspecified atom stereocenters. The van der Waals surface area contributed by atoms with E-state index in [0.717, 1.165) is 11.3 Å². The van der Waals surface area contributed by atoms with Crippen LogP contribution in [0, 0.1) is 19.8 Å². The summed E-state index contributed by atoms with van der Waals surface area (Å²) in [6.45, 7) is 7.74. The summed E-state index contributed by atoms with van der Waals surface area (Å²) >= 11 is 0. The molecule has 12 heavy (non-hydrogen) atoms. The maximum atomic E-state index is 13.0. The number of rotatable bonds is 1. The Morgan fingerprint density at radius 2 is 1.83 bits per heavy atom. The Morgan fingerprint density at radius 1 is 1.25 bits per heavy atom. The quantitative estimate of drug-likeness (QED) is 0.586. The number of halogens is 1. The van der Waals surface area contributed by atoms with Crippen LogP contribution in [-0.4, -0.2) is 4.98 Å². The van der Waals surface area contributed by atoms with Gasteiger partial charge in [0.1, 0.15) is 0 Å². The van der Waals surface area contributed by atoms with E-state index < -0.39 is 0 Å². The molecule has 0 aromatic carbocycles. The van der Waals surface area contributed by atoms with Crippen molar-refractivity contribution in [3.63, 3.8) is 0 Å². The molecule has 0 bridgehead atoms. The molecule has 0 saturated heterocycles. The molecule has 2 heteroatoms. The van der Waals surface area contributed by atoms with E-state index in [1.807, 2.05) is 26.8 Å². The fourth-order valence-electron chi connectivity index (χ4n) is 1.32. The van der Waals surface area contributed by atoms with E-state index >= 15 is 0 Å². The highest BCUT2D eigenvalue weighted by Gasteiger charge is 2.08. The van der Waals surface area contributed by atoms with E-state index in [-0.39, 0.29) is 5.95 Å². The Bertz CT molecular complexity index is 292. The molecule has 0 radical (unpaired) electrons. The maximum absolute atomic E-state index is 13.0. The van der Waals surface area contributed by atoms with Crippen molar-refractivity contribution in [2.45, 2.75) is 33.6 Å². The van der Waals surface area contributed by atoms with Gasteiger partial charge in [-0.25, -0.2) is 4.98 Å². The van der Waals surface area contributed by atoms with Crippen molar-refractivity contribution in [3.05, 3.63) is 28.8 Å². The third-order valence-corrected chi connectivity index (χ3v) is 1.93. The molecule has 0 aliphatic carbocycles. The van der Waals surface area contributed by atoms with E-state index in [9.17, 15) is 4.39 Å². The summed E-state index contributed by atoms with van der Waals surface area (Å²) in [6.07, 6.45) is 0. The normalized spacial score (nSPS) is 10.8. The SMILES string of the molecule is Cc1cc(C)c(C(C)C)nc1F. The first kappa shape index (κ1) is 9.17. The molecule has 1 nitrogen and oxygen atoms in total. The van der Waals surface area contributed by atoms with Gasteiger partial charge in [0.25, 0.3) is 0 Å². The average Bonchev–Trinajstić information content (AvgIpc) is 1.96. The van der Waals surface area contributed by atoms with Gasteiger partial charge in [-0.3, -0.25) is 0 Å². The molecule has 0 spiro atoms. The van der Waals surface area contributed by atoms with Crippen molar-refractivity contribution in [2.75, 3.05) is 0 Å². The van der Waals surface area contributed by atoms with E-state index in [0.29, 0.717) is 11.5 Å². The lowest BCUT2D eigenvalue weighted by atomic mass is 10.0. The van der Waals surface area contributed by atoms with E-state index in [1.165, 1.54) is 0 Å². The zero-order valence-corrected chi connectivity index (χ0v) is 7.98. The zero-order valence-electron chi connectivity index (χ0n) is 7.98. The minimum absolute atomic E-state index is 0.292. The van der Waals surface area contributed by atoms with Gasteiger partial charge in [0.15, 0.2) is 0 Å². The molecule has 1 aromatic rings. The van der Waals surface area contributed by atoms with Crippen LogP contribution in [0.15, 0.2) is 6.07 Å². The first-order valence-electron chi connectivity index (χ1n) is 4.16. The van der Waals surface area contributed by atoms with Crippen LogP contribution in [0.1, 0.15) is 36.6 Å². The van der Waals surface area contributed by atoms with Crippen molar-refractivity contribution < 1.29 is 4.39 Å². The molecule has 0 aliphatic rings. The van der Waals surface area contributed by atoms with Crippen LogP contribution in [-0.2, 0) is 0 Å². The van der Waals surface area contributed by atoms with Gasteiger partial charge in [-0.05, 0) is 25.3 Å². The van der Waals surface area contributed by atoms with Crippen molar-refractivity contribution in [1.29, 1.82) is 0 Å². The first-order valence-corrected chi connectivity index (χ1v) is 4.16. The Labute approximate surface area is 72.6 Å². The predicted molar refractivity (Wildman–Crippen MR) is 47.8 cm³/mol. The summed E-state index contributed by atoms with van der Waals surface area (Å²) in [5.41, 5.74) is 2.55. The lowest BCUT2D eigenvalue weighted by molar-refractivity contribution is 0.561. The molecule has 1 rings (SSSR count). The number of nitrogens with zero attached hydrogens (tertiary/aromatic N) is 1. The number of pyridine rings is 1. The standard InChI is InChI=1S/C10H14FN/c1-6(2)9-7(3)5-8(4)10(11)12-9/h5-6H,1-4H3. The third kappa shape index (κ3) is 1.63. The Kier molecular flexibility index (Phi) is 2.46. The smallest absolute Gasteiger partial charge is 0.216 e. The van der Waals surface area contributed by atoms with Gasteiger partial charge in [-0.15, -0.1) is 0 Å². The molecule has 0 N–H and O–H groups in total. The Hall–Kier alpha value is -0.920. The van der Waals surface area contributed by atoms with Crippen molar-refractivity contribution in [3.8, 4) is 0 Å². The van der Waals surface area contributed by atoms with Crippen LogP contribution in [0.2, 0.25) is 0 Å². The molecule has 1 aromatic heterocycles. The van der Waals surface area contributed by atoms with Crippen molar-refractivity contribution in [2.24, 2.45) is 0 Å². The molecule has 1 heterocycles. The fourth-order valence-corrected chi connectivity index (χ4v) is 1.32. The average molecular weight is 167 g/mol. The second-order valence-corrected chi connectivity index (χ2v) is 3.45. The van der Waals surface area contributed by atoms with Gasteiger partial charge in [0.05, 0.1) is 0 Å². The second kappa shape index (κ2) is 3.21. The largest absolute Gasteiger partial charge is 0.224 e. The van der Waals surface area contributed by atoms with Gasteiger partial charge >= 0.3 is 0 Å². The highest BCUT2D eigenvalue weighted by molar-refractivity contribution is 5.26. The molecule has 0 amide bonds. The molecule has 0 aliphatic heterocycles. The van der Waals surface area contributed by atoms with Gasteiger partial charge in [0.2, 0.25) is 5.95 Å². The minimum atomic E-state index is -0.343. The third-order valence-electron chi connectivity index (χ3n) is 1.93. The van der Waals surface area contributed by atoms with Crippen LogP contribution >= 0.6 is 0 Å². The highest BCUT2D eigenvalue weighted by Crippen LogP contribution is 2.18. The summed E-state index contributed by atoms with van der Waals surface area (Å²) in [7, 11) is 0. The number of hydrogen-bond acceptors (Lipinski definition) is 1. The van der Waals surface area contributed by atoms with Crippen LogP contribution in [0.4, 0.5) is 4.39 Å². The number of hydrogen-bond donors (Lipinski definition) is 0. The lowest BCUT2D eigenvalue weighted by Crippen LogP contribution is -2.00. The molecule has 0 fully saturated rings. The van der Waals surface area contributed by atoms with Gasteiger partial charge in [0, 0.05) is 11.3 Å². The topological polar surface area (TPSA) is 12.9 Å². The predicted octanol–water partition coefficient (Wildman–Crippen LogP) is 2.96. The first-order chi connectivity index (χ1) is 5.52. The highest BCUT2D eigenvalue weighted by atomic mass is 19.1. The molecule has 0 atom stereocenters. The molecular formula is C10H14FN. The number of aromatic nitrogens is 1. The van der Waals surface area contributed by atoms with Crippen LogP contribution in [0.25, 0.3) is 0 Å².